The molecular weight excluding hydrogens is 510 g/mol. The summed E-state index contributed by atoms with van der Waals surface area (Å²) in [7, 11) is 2.77. The van der Waals surface area contributed by atoms with Crippen LogP contribution in [0.4, 0.5) is 15.8 Å². The van der Waals surface area contributed by atoms with Gasteiger partial charge in [0.25, 0.3) is 17.2 Å². The Labute approximate surface area is 204 Å². The van der Waals surface area contributed by atoms with E-state index in [2.05, 4.69) is 20.3 Å². The first-order chi connectivity index (χ1) is 16.3. The molecular formula is C20H15Cl2FN6O4S. The number of carbonyl (C=O) groups excluding carboxylic acids is 1. The van der Waals surface area contributed by atoms with Gasteiger partial charge in [0, 0.05) is 19.4 Å². The number of aromatic nitrogens is 4. The second-order valence-electron chi connectivity index (χ2n) is 6.70. The summed E-state index contributed by atoms with van der Waals surface area (Å²) in [5.74, 6) is -1.40. The Balaban J connectivity index is 1.89. The molecule has 4 rings (SSSR count). The first-order valence-electron chi connectivity index (χ1n) is 9.40. The molecule has 0 aliphatic rings. The third-order valence-corrected chi connectivity index (χ3v) is 6.00. The molecule has 0 fully saturated rings. The number of fused-ring (bicyclic) bond motifs is 1. The minimum atomic E-state index is -2.74. The zero-order chi connectivity index (χ0) is 24.6. The summed E-state index contributed by atoms with van der Waals surface area (Å²) in [6.45, 7) is 0. The zero-order valence-electron chi connectivity index (χ0n) is 17.5. The number of benzene rings is 1. The Morgan fingerprint density at radius 1 is 1.24 bits per heavy atom. The van der Waals surface area contributed by atoms with Crippen LogP contribution < -0.4 is 14.4 Å². The number of hydrogen-bond acceptors (Lipinski definition) is 6. The Morgan fingerprint density at radius 3 is 2.68 bits per heavy atom. The number of methoxy groups -OCH3 is 1. The quantitative estimate of drug-likeness (QED) is 0.367. The van der Waals surface area contributed by atoms with Crippen molar-refractivity contribution in [3.05, 3.63) is 64.7 Å². The molecule has 0 spiro atoms. The minimum Gasteiger partial charge on any atom is -0.479 e. The van der Waals surface area contributed by atoms with Crippen molar-refractivity contribution in [2.75, 3.05) is 18.5 Å². The van der Waals surface area contributed by atoms with Gasteiger partial charge in [-0.1, -0.05) is 23.2 Å². The van der Waals surface area contributed by atoms with Gasteiger partial charge in [-0.05, 0) is 18.2 Å². The monoisotopic (exact) mass is 524 g/mol. The SMILES string of the molecule is CNC(=O)c1ncn2cc(-c3c(Cl)ccc(N(c4cc(Cl)cnc4OC)S(=O)O)c3F)ncc12. The van der Waals surface area contributed by atoms with Crippen molar-refractivity contribution in [1.82, 2.24) is 24.7 Å². The van der Waals surface area contributed by atoms with Gasteiger partial charge in [0.1, 0.15) is 12.0 Å². The highest BCUT2D eigenvalue weighted by Gasteiger charge is 2.27. The van der Waals surface area contributed by atoms with Gasteiger partial charge >= 0.3 is 0 Å². The fourth-order valence-corrected chi connectivity index (χ4v) is 4.27. The van der Waals surface area contributed by atoms with E-state index in [1.54, 1.807) is 0 Å². The molecule has 0 aliphatic carbocycles. The van der Waals surface area contributed by atoms with Crippen LogP contribution in [0.2, 0.25) is 10.0 Å². The van der Waals surface area contributed by atoms with E-state index in [4.69, 9.17) is 27.9 Å². The lowest BCUT2D eigenvalue weighted by Crippen LogP contribution is -2.22. The van der Waals surface area contributed by atoms with E-state index in [0.29, 0.717) is 5.52 Å². The number of halogens is 3. The van der Waals surface area contributed by atoms with E-state index in [1.165, 1.54) is 61.7 Å². The molecule has 1 amide bonds. The maximum atomic E-state index is 15.8. The van der Waals surface area contributed by atoms with Crippen molar-refractivity contribution < 1.29 is 22.7 Å². The van der Waals surface area contributed by atoms with Crippen molar-refractivity contribution in [2.45, 2.75) is 0 Å². The summed E-state index contributed by atoms with van der Waals surface area (Å²) < 4.78 is 45.5. The highest BCUT2D eigenvalue weighted by Crippen LogP contribution is 2.41. The van der Waals surface area contributed by atoms with Crippen LogP contribution in [0.1, 0.15) is 10.5 Å². The molecule has 4 aromatic rings. The predicted molar refractivity (Wildman–Crippen MR) is 125 cm³/mol. The van der Waals surface area contributed by atoms with Crippen LogP contribution in [0.15, 0.2) is 43.1 Å². The first kappa shape index (κ1) is 23.8. The summed E-state index contributed by atoms with van der Waals surface area (Å²) in [6, 6.07) is 3.90. The largest absolute Gasteiger partial charge is 0.479 e. The van der Waals surface area contributed by atoms with Crippen LogP contribution in [-0.2, 0) is 11.3 Å². The van der Waals surface area contributed by atoms with Crippen LogP contribution >= 0.6 is 23.2 Å². The molecule has 14 heteroatoms. The average Bonchev–Trinajstić information content (AvgIpc) is 3.23. The number of rotatable bonds is 6. The molecule has 0 saturated heterocycles. The number of hydrogen-bond donors (Lipinski definition) is 2. The third-order valence-electron chi connectivity index (χ3n) is 4.77. The lowest BCUT2D eigenvalue weighted by molar-refractivity contribution is 0.0960. The molecule has 0 aliphatic heterocycles. The van der Waals surface area contributed by atoms with E-state index < -0.39 is 23.0 Å². The van der Waals surface area contributed by atoms with Gasteiger partial charge in [-0.15, -0.1) is 0 Å². The first-order valence-corrected chi connectivity index (χ1v) is 11.2. The van der Waals surface area contributed by atoms with E-state index >= 15 is 4.39 Å². The number of amides is 1. The lowest BCUT2D eigenvalue weighted by atomic mass is 10.1. The Hall–Kier alpha value is -3.32. The standard InChI is InChI=1S/C20H15Cl2FN6O4S/c1-24-19(30)18-15-7-25-12(8-28(15)9-27-18)16-11(22)3-4-13(17(16)23)29(34(31)32)14-5-10(21)6-26-20(14)33-2/h3-9H,1-2H3,(H,24,30)(H,31,32). The lowest BCUT2D eigenvalue weighted by Gasteiger charge is -2.23. The summed E-state index contributed by atoms with van der Waals surface area (Å²) >= 11 is 9.56. The van der Waals surface area contributed by atoms with Crippen molar-refractivity contribution in [2.24, 2.45) is 0 Å². The highest BCUT2D eigenvalue weighted by molar-refractivity contribution is 7.81. The fourth-order valence-electron chi connectivity index (χ4n) is 3.27. The van der Waals surface area contributed by atoms with Crippen molar-refractivity contribution in [3.63, 3.8) is 0 Å². The summed E-state index contributed by atoms with van der Waals surface area (Å²) in [5.41, 5.74) is 0.142. The molecule has 2 N–H and O–H groups in total. The highest BCUT2D eigenvalue weighted by atomic mass is 35.5. The molecule has 1 atom stereocenters. The molecule has 3 aromatic heterocycles. The summed E-state index contributed by atoms with van der Waals surface area (Å²) in [5, 5.41) is 2.62. The van der Waals surface area contributed by atoms with E-state index in [-0.39, 0.29) is 44.3 Å². The van der Waals surface area contributed by atoms with Crippen molar-refractivity contribution in [3.8, 4) is 17.1 Å². The summed E-state index contributed by atoms with van der Waals surface area (Å²) in [4.78, 5) is 24.2. The number of anilines is 2. The minimum absolute atomic E-state index is 0.000374. The molecule has 1 unspecified atom stereocenters. The number of carbonyl (C=O) groups is 1. The maximum Gasteiger partial charge on any atom is 0.271 e. The van der Waals surface area contributed by atoms with Crippen molar-refractivity contribution >= 4 is 57.3 Å². The smallest absolute Gasteiger partial charge is 0.271 e. The number of pyridine rings is 1. The van der Waals surface area contributed by atoms with Crippen LogP contribution in [0.5, 0.6) is 5.88 Å². The summed E-state index contributed by atoms with van der Waals surface area (Å²) in [6.07, 6.45) is 5.44. The van der Waals surface area contributed by atoms with E-state index in [1.807, 2.05) is 0 Å². The molecule has 0 bridgehead atoms. The Bertz CT molecular complexity index is 1450. The molecule has 3 heterocycles. The van der Waals surface area contributed by atoms with Gasteiger partial charge in [-0.25, -0.2) is 22.9 Å². The van der Waals surface area contributed by atoms with Crippen LogP contribution in [-0.4, -0.2) is 48.2 Å². The van der Waals surface area contributed by atoms with E-state index in [0.717, 1.165) is 4.31 Å². The predicted octanol–water partition coefficient (Wildman–Crippen LogP) is 3.88. The molecule has 0 saturated carbocycles. The normalized spacial score (nSPS) is 11.9. The maximum absolute atomic E-state index is 15.8. The molecule has 34 heavy (non-hydrogen) atoms. The van der Waals surface area contributed by atoms with Gasteiger partial charge in [-0.3, -0.25) is 14.3 Å². The number of imidazole rings is 1. The van der Waals surface area contributed by atoms with Gasteiger partial charge in [0.05, 0.1) is 45.8 Å². The average molecular weight is 525 g/mol. The zero-order valence-corrected chi connectivity index (χ0v) is 19.8. The molecule has 1 aromatic carbocycles. The number of nitrogens with zero attached hydrogens (tertiary/aromatic N) is 5. The van der Waals surface area contributed by atoms with Gasteiger partial charge in [0.15, 0.2) is 11.5 Å². The van der Waals surface area contributed by atoms with Gasteiger partial charge < -0.3 is 14.5 Å². The molecule has 176 valence electrons. The fraction of sp³-hybridized carbons (Fsp3) is 0.100. The van der Waals surface area contributed by atoms with E-state index in [9.17, 15) is 13.6 Å². The second kappa shape index (κ2) is 9.50. The van der Waals surface area contributed by atoms with Crippen molar-refractivity contribution in [1.29, 1.82) is 0 Å². The van der Waals surface area contributed by atoms with Gasteiger partial charge in [-0.2, -0.15) is 0 Å². The third kappa shape index (κ3) is 4.16. The Morgan fingerprint density at radius 2 is 2.00 bits per heavy atom. The molecule has 0 radical (unpaired) electrons. The van der Waals surface area contributed by atoms with Crippen LogP contribution in [0.25, 0.3) is 16.8 Å². The molecule has 10 nitrogen and oxygen atoms in total. The van der Waals surface area contributed by atoms with Crippen LogP contribution in [0, 0.1) is 5.82 Å². The second-order valence-corrected chi connectivity index (χ2v) is 8.37. The van der Waals surface area contributed by atoms with Gasteiger partial charge in [0.2, 0.25) is 5.88 Å². The number of ether oxygens (including phenoxy) is 1. The van der Waals surface area contributed by atoms with Crippen LogP contribution in [0.3, 0.4) is 0 Å². The number of nitrogens with one attached hydrogen (secondary N) is 1. The topological polar surface area (TPSA) is 122 Å². The Kier molecular flexibility index (Phi) is 6.66.